The van der Waals surface area contributed by atoms with Crippen molar-refractivity contribution in [1.82, 2.24) is 4.72 Å². The lowest BCUT2D eigenvalue weighted by Gasteiger charge is -2.09. The van der Waals surface area contributed by atoms with Gasteiger partial charge in [0.25, 0.3) is 0 Å². The minimum Gasteiger partial charge on any atom is -0.384 e. The normalized spacial score (nSPS) is 11.9. The standard InChI is InChI=1S/C12H11F4NO3S/c13-11-8-10(4-3-9(11)2-1-7-18)21(19,20)17-6-5-12(14,15)16/h3-4,8,17-18H,5-7H2. The van der Waals surface area contributed by atoms with E-state index in [9.17, 15) is 26.0 Å². The van der Waals surface area contributed by atoms with Crippen LogP contribution in [0.25, 0.3) is 0 Å². The first-order valence-corrected chi connectivity index (χ1v) is 7.10. The summed E-state index contributed by atoms with van der Waals surface area (Å²) < 4.78 is 74.5. The van der Waals surface area contributed by atoms with E-state index in [1.807, 2.05) is 0 Å². The number of alkyl halides is 3. The van der Waals surface area contributed by atoms with E-state index >= 15 is 0 Å². The highest BCUT2D eigenvalue weighted by atomic mass is 32.2. The van der Waals surface area contributed by atoms with Gasteiger partial charge in [0, 0.05) is 6.54 Å². The largest absolute Gasteiger partial charge is 0.390 e. The Hall–Kier alpha value is -1.63. The first-order valence-electron chi connectivity index (χ1n) is 5.61. The van der Waals surface area contributed by atoms with Crippen molar-refractivity contribution in [2.45, 2.75) is 17.5 Å². The molecule has 0 unspecified atom stereocenters. The van der Waals surface area contributed by atoms with Crippen molar-refractivity contribution in [3.8, 4) is 11.8 Å². The maximum Gasteiger partial charge on any atom is 0.390 e. The number of hydrogen-bond acceptors (Lipinski definition) is 3. The fourth-order valence-corrected chi connectivity index (χ4v) is 2.35. The van der Waals surface area contributed by atoms with Gasteiger partial charge in [0.15, 0.2) is 0 Å². The molecule has 0 aliphatic carbocycles. The predicted molar refractivity (Wildman–Crippen MR) is 66.2 cm³/mol. The molecule has 1 aromatic rings. The van der Waals surface area contributed by atoms with Crippen LogP contribution in [0.3, 0.4) is 0 Å². The van der Waals surface area contributed by atoms with E-state index in [2.05, 4.69) is 11.8 Å². The average Bonchev–Trinajstić information content (AvgIpc) is 2.35. The fraction of sp³-hybridized carbons (Fsp3) is 0.333. The summed E-state index contributed by atoms with van der Waals surface area (Å²) in [5.41, 5.74) is -0.127. The van der Waals surface area contributed by atoms with Gasteiger partial charge in [-0.3, -0.25) is 0 Å². The van der Waals surface area contributed by atoms with Crippen LogP contribution >= 0.6 is 0 Å². The third-order valence-electron chi connectivity index (χ3n) is 2.25. The lowest BCUT2D eigenvalue weighted by atomic mass is 10.2. The van der Waals surface area contributed by atoms with Crippen molar-refractivity contribution >= 4 is 10.0 Å². The molecule has 4 nitrogen and oxygen atoms in total. The van der Waals surface area contributed by atoms with E-state index in [4.69, 9.17) is 5.11 Å². The Labute approximate surface area is 118 Å². The van der Waals surface area contributed by atoms with Gasteiger partial charge < -0.3 is 5.11 Å². The van der Waals surface area contributed by atoms with Gasteiger partial charge in [0.2, 0.25) is 10.0 Å². The van der Waals surface area contributed by atoms with Gasteiger partial charge in [-0.05, 0) is 18.2 Å². The van der Waals surface area contributed by atoms with Crippen LogP contribution < -0.4 is 4.72 Å². The topological polar surface area (TPSA) is 66.4 Å². The van der Waals surface area contributed by atoms with Crippen LogP contribution in [0.1, 0.15) is 12.0 Å². The molecule has 2 N–H and O–H groups in total. The molecule has 21 heavy (non-hydrogen) atoms. The Bertz CT molecular complexity index is 659. The summed E-state index contributed by atoms with van der Waals surface area (Å²) in [6, 6.07) is 2.73. The van der Waals surface area contributed by atoms with Crippen LogP contribution in [0.5, 0.6) is 0 Å². The number of nitrogens with one attached hydrogen (secondary N) is 1. The molecule has 116 valence electrons. The highest BCUT2D eigenvalue weighted by molar-refractivity contribution is 7.89. The van der Waals surface area contributed by atoms with E-state index in [-0.39, 0.29) is 5.56 Å². The Morgan fingerprint density at radius 2 is 1.95 bits per heavy atom. The van der Waals surface area contributed by atoms with Crippen LogP contribution in [0, 0.1) is 17.7 Å². The number of halogens is 4. The third kappa shape index (κ3) is 5.71. The second-order valence-corrected chi connectivity index (χ2v) is 5.63. The van der Waals surface area contributed by atoms with Gasteiger partial charge in [0.1, 0.15) is 12.4 Å². The van der Waals surface area contributed by atoms with Crippen LogP contribution in [-0.4, -0.2) is 32.9 Å². The fourth-order valence-electron chi connectivity index (χ4n) is 1.31. The molecule has 0 saturated carbocycles. The summed E-state index contributed by atoms with van der Waals surface area (Å²) in [5.74, 6) is 3.51. The van der Waals surface area contributed by atoms with Crippen LogP contribution in [0.15, 0.2) is 23.1 Å². The van der Waals surface area contributed by atoms with E-state index in [0.29, 0.717) is 6.07 Å². The molecule has 0 aromatic heterocycles. The summed E-state index contributed by atoms with van der Waals surface area (Å²) in [5, 5.41) is 8.47. The molecule has 0 aliphatic heterocycles. The summed E-state index contributed by atoms with van der Waals surface area (Å²) in [6.45, 7) is -1.32. The quantitative estimate of drug-likeness (QED) is 0.650. The van der Waals surface area contributed by atoms with E-state index in [1.165, 1.54) is 0 Å². The molecule has 0 saturated heterocycles. The van der Waals surface area contributed by atoms with Gasteiger partial charge >= 0.3 is 6.18 Å². The summed E-state index contributed by atoms with van der Waals surface area (Å²) in [7, 11) is -4.23. The molecule has 0 fully saturated rings. The van der Waals surface area contributed by atoms with Crippen LogP contribution in [0.2, 0.25) is 0 Å². The number of aliphatic hydroxyl groups is 1. The van der Waals surface area contributed by atoms with E-state index < -0.39 is 46.5 Å². The summed E-state index contributed by atoms with van der Waals surface area (Å²) >= 11 is 0. The van der Waals surface area contributed by atoms with Crippen molar-refractivity contribution in [1.29, 1.82) is 0 Å². The van der Waals surface area contributed by atoms with Crippen molar-refractivity contribution in [2.75, 3.05) is 13.2 Å². The smallest absolute Gasteiger partial charge is 0.384 e. The molecule has 9 heteroatoms. The first kappa shape index (κ1) is 17.4. The molecule has 0 atom stereocenters. The van der Waals surface area contributed by atoms with Crippen molar-refractivity contribution in [3.05, 3.63) is 29.6 Å². The first-order chi connectivity index (χ1) is 9.65. The average molecular weight is 325 g/mol. The number of sulfonamides is 1. The molecular weight excluding hydrogens is 314 g/mol. The van der Waals surface area contributed by atoms with Gasteiger partial charge in [0.05, 0.1) is 16.9 Å². The lowest BCUT2D eigenvalue weighted by molar-refractivity contribution is -0.132. The minimum absolute atomic E-state index is 0.127. The summed E-state index contributed by atoms with van der Waals surface area (Å²) in [6.07, 6.45) is -5.81. The Morgan fingerprint density at radius 3 is 2.48 bits per heavy atom. The van der Waals surface area contributed by atoms with Crippen molar-refractivity contribution in [3.63, 3.8) is 0 Å². The maximum atomic E-state index is 13.6. The number of benzene rings is 1. The molecule has 0 bridgehead atoms. The Morgan fingerprint density at radius 1 is 1.29 bits per heavy atom. The second-order valence-electron chi connectivity index (χ2n) is 3.86. The van der Waals surface area contributed by atoms with Crippen molar-refractivity contribution in [2.24, 2.45) is 0 Å². The molecule has 0 amide bonds. The van der Waals surface area contributed by atoms with Crippen molar-refractivity contribution < 1.29 is 31.1 Å². The molecule has 0 spiro atoms. The maximum absolute atomic E-state index is 13.6. The second kappa shape index (κ2) is 6.89. The van der Waals surface area contributed by atoms with Gasteiger partial charge in [-0.1, -0.05) is 11.8 Å². The zero-order valence-electron chi connectivity index (χ0n) is 10.5. The van der Waals surface area contributed by atoms with Crippen LogP contribution in [0.4, 0.5) is 17.6 Å². The van der Waals surface area contributed by atoms with Gasteiger partial charge in [-0.25, -0.2) is 17.5 Å². The molecule has 0 heterocycles. The third-order valence-corrected chi connectivity index (χ3v) is 3.71. The highest BCUT2D eigenvalue weighted by Crippen LogP contribution is 2.19. The van der Waals surface area contributed by atoms with Crippen LogP contribution in [-0.2, 0) is 10.0 Å². The zero-order valence-corrected chi connectivity index (χ0v) is 11.4. The number of aliphatic hydroxyl groups excluding tert-OH is 1. The highest BCUT2D eigenvalue weighted by Gasteiger charge is 2.27. The minimum atomic E-state index is -4.49. The zero-order chi connectivity index (χ0) is 16.1. The van der Waals surface area contributed by atoms with Gasteiger partial charge in [-0.15, -0.1) is 0 Å². The number of rotatable bonds is 4. The molecule has 1 aromatic carbocycles. The summed E-state index contributed by atoms with van der Waals surface area (Å²) in [4.78, 5) is -0.503. The molecule has 0 aliphatic rings. The Kier molecular flexibility index (Phi) is 5.71. The van der Waals surface area contributed by atoms with Gasteiger partial charge in [-0.2, -0.15) is 13.2 Å². The lowest BCUT2D eigenvalue weighted by Crippen LogP contribution is -2.28. The van der Waals surface area contributed by atoms with E-state index in [1.54, 1.807) is 4.72 Å². The number of hydrogen-bond donors (Lipinski definition) is 2. The monoisotopic (exact) mass is 325 g/mol. The molecule has 1 rings (SSSR count). The molecular formula is C12H11F4NO3S. The Balaban J connectivity index is 2.87. The SMILES string of the molecule is O=S(=O)(NCCC(F)(F)F)c1ccc(C#CCO)c(F)c1. The molecule has 0 radical (unpaired) electrons. The van der Waals surface area contributed by atoms with E-state index in [0.717, 1.165) is 12.1 Å². The predicted octanol–water partition coefficient (Wildman–Crippen LogP) is 1.40.